The minimum atomic E-state index is -0.222. The van der Waals surface area contributed by atoms with Gasteiger partial charge < -0.3 is 0 Å². The molecule has 2 aromatic rings. The third-order valence-electron chi connectivity index (χ3n) is 1.22. The molecule has 0 aliphatic rings. The molecule has 0 aliphatic carbocycles. The van der Waals surface area contributed by atoms with Gasteiger partial charge in [-0.15, -0.1) is 16.4 Å². The van der Waals surface area contributed by atoms with Crippen LogP contribution in [0.2, 0.25) is 0 Å². The Balaban J connectivity index is 3.02. The first-order valence-corrected chi connectivity index (χ1v) is 3.77. The molecule has 0 amide bonds. The van der Waals surface area contributed by atoms with E-state index in [9.17, 15) is 4.79 Å². The van der Waals surface area contributed by atoms with Gasteiger partial charge in [0.2, 0.25) is 0 Å². The predicted molar refractivity (Wildman–Crippen MR) is 40.6 cm³/mol. The Labute approximate surface area is 65.1 Å². The molecule has 1 N–H and O–H groups in total. The van der Waals surface area contributed by atoms with Gasteiger partial charge in [0, 0.05) is 0 Å². The molecule has 0 spiro atoms. The quantitative estimate of drug-likeness (QED) is 0.604. The van der Waals surface area contributed by atoms with E-state index in [1.54, 1.807) is 0 Å². The zero-order chi connectivity index (χ0) is 7.84. The summed E-state index contributed by atoms with van der Waals surface area (Å²) in [4.78, 5) is 15.0. The number of nitrogens with one attached hydrogen (secondary N) is 1. The topological polar surface area (TPSA) is 71.5 Å². The number of rotatable bonds is 0. The normalized spacial score (nSPS) is 10.6. The number of thiazole rings is 1. The van der Waals surface area contributed by atoms with E-state index in [1.165, 1.54) is 11.3 Å². The van der Waals surface area contributed by atoms with Crippen molar-refractivity contribution >= 4 is 21.7 Å². The Morgan fingerprint density at radius 2 is 2.36 bits per heavy atom. The van der Waals surface area contributed by atoms with Gasteiger partial charge in [0.05, 0.1) is 5.01 Å². The minimum absolute atomic E-state index is 0.222. The van der Waals surface area contributed by atoms with Crippen LogP contribution in [0.4, 0.5) is 0 Å². The molecular formula is C5H4N4OS. The monoisotopic (exact) mass is 168 g/mol. The van der Waals surface area contributed by atoms with E-state index in [2.05, 4.69) is 20.4 Å². The summed E-state index contributed by atoms with van der Waals surface area (Å²) in [5, 5.41) is 10.1. The van der Waals surface area contributed by atoms with Crippen molar-refractivity contribution < 1.29 is 0 Å². The number of nitrogens with zero attached hydrogens (tertiary/aromatic N) is 3. The fourth-order valence-electron chi connectivity index (χ4n) is 0.800. The molecule has 6 heteroatoms. The van der Waals surface area contributed by atoms with Crippen LogP contribution in [-0.4, -0.2) is 20.4 Å². The summed E-state index contributed by atoms with van der Waals surface area (Å²) in [6.07, 6.45) is 0. The highest BCUT2D eigenvalue weighted by Gasteiger charge is 2.04. The Kier molecular flexibility index (Phi) is 1.22. The minimum Gasteiger partial charge on any atom is -0.266 e. The van der Waals surface area contributed by atoms with Gasteiger partial charge in [-0.2, -0.15) is 0 Å². The Bertz CT molecular complexity index is 445. The molecule has 5 nitrogen and oxygen atoms in total. The number of fused-ring (bicyclic) bond motifs is 1. The first-order valence-electron chi connectivity index (χ1n) is 2.96. The van der Waals surface area contributed by atoms with Crippen molar-refractivity contribution in [2.75, 3.05) is 0 Å². The lowest BCUT2D eigenvalue weighted by molar-refractivity contribution is 0.867. The van der Waals surface area contributed by atoms with Crippen LogP contribution in [0.1, 0.15) is 5.01 Å². The maximum absolute atomic E-state index is 11.0. The number of aromatic nitrogens is 4. The SMILES string of the molecule is Cc1nc2nn[nH]c(=O)c2s1. The Morgan fingerprint density at radius 3 is 3.09 bits per heavy atom. The molecule has 0 aromatic carbocycles. The molecule has 0 fully saturated rings. The Morgan fingerprint density at radius 1 is 1.55 bits per heavy atom. The average molecular weight is 168 g/mol. The van der Waals surface area contributed by atoms with Gasteiger partial charge in [0.15, 0.2) is 5.65 Å². The largest absolute Gasteiger partial charge is 0.286 e. The van der Waals surface area contributed by atoms with Gasteiger partial charge in [-0.05, 0) is 6.92 Å². The third-order valence-corrected chi connectivity index (χ3v) is 2.18. The van der Waals surface area contributed by atoms with E-state index in [4.69, 9.17) is 0 Å². The van der Waals surface area contributed by atoms with Crippen molar-refractivity contribution in [2.45, 2.75) is 6.92 Å². The number of aromatic amines is 1. The van der Waals surface area contributed by atoms with Crippen LogP contribution in [0.25, 0.3) is 10.3 Å². The van der Waals surface area contributed by atoms with E-state index in [0.29, 0.717) is 10.3 Å². The highest BCUT2D eigenvalue weighted by Crippen LogP contribution is 2.13. The zero-order valence-electron chi connectivity index (χ0n) is 5.66. The predicted octanol–water partition coefficient (Wildman–Crippen LogP) is 0.0830. The summed E-state index contributed by atoms with van der Waals surface area (Å²) in [5.74, 6) is 0. The maximum atomic E-state index is 11.0. The molecule has 0 bridgehead atoms. The van der Waals surface area contributed by atoms with Crippen LogP contribution >= 0.6 is 11.3 Å². The van der Waals surface area contributed by atoms with Crippen LogP contribution in [0, 0.1) is 6.92 Å². The molecule has 0 saturated carbocycles. The fourth-order valence-corrected chi connectivity index (χ4v) is 1.54. The first kappa shape index (κ1) is 6.41. The van der Waals surface area contributed by atoms with Gasteiger partial charge in [-0.3, -0.25) is 4.79 Å². The van der Waals surface area contributed by atoms with Crippen LogP contribution in [-0.2, 0) is 0 Å². The summed E-state index contributed by atoms with van der Waals surface area (Å²) in [6, 6.07) is 0. The summed E-state index contributed by atoms with van der Waals surface area (Å²) in [7, 11) is 0. The first-order chi connectivity index (χ1) is 5.27. The lowest BCUT2D eigenvalue weighted by Gasteiger charge is -1.79. The van der Waals surface area contributed by atoms with Crippen molar-refractivity contribution in [2.24, 2.45) is 0 Å². The fraction of sp³-hybridized carbons (Fsp3) is 0.200. The summed E-state index contributed by atoms with van der Waals surface area (Å²) < 4.78 is 0.539. The van der Waals surface area contributed by atoms with Crippen LogP contribution in [0.15, 0.2) is 4.79 Å². The van der Waals surface area contributed by atoms with Crippen molar-refractivity contribution in [1.82, 2.24) is 20.4 Å². The second kappa shape index (κ2) is 2.09. The van der Waals surface area contributed by atoms with Gasteiger partial charge in [-0.25, -0.2) is 10.1 Å². The molecule has 2 rings (SSSR count). The second-order valence-corrected chi connectivity index (χ2v) is 3.23. The summed E-state index contributed by atoms with van der Waals surface area (Å²) in [5.41, 5.74) is 0.205. The van der Waals surface area contributed by atoms with Crippen LogP contribution in [0.5, 0.6) is 0 Å². The summed E-state index contributed by atoms with van der Waals surface area (Å²) in [6.45, 7) is 1.83. The molecule has 11 heavy (non-hydrogen) atoms. The molecule has 0 saturated heterocycles. The average Bonchev–Trinajstić information content (AvgIpc) is 2.31. The zero-order valence-corrected chi connectivity index (χ0v) is 6.47. The number of aryl methyl sites for hydroxylation is 1. The highest BCUT2D eigenvalue weighted by atomic mass is 32.1. The van der Waals surface area contributed by atoms with Gasteiger partial charge in [-0.1, -0.05) is 5.21 Å². The van der Waals surface area contributed by atoms with E-state index in [0.717, 1.165) is 5.01 Å². The molecule has 2 aromatic heterocycles. The van der Waals surface area contributed by atoms with E-state index < -0.39 is 0 Å². The molecule has 56 valence electrons. The maximum Gasteiger partial charge on any atom is 0.286 e. The van der Waals surface area contributed by atoms with Crippen LogP contribution < -0.4 is 5.56 Å². The van der Waals surface area contributed by atoms with Gasteiger partial charge in [0.25, 0.3) is 5.56 Å². The van der Waals surface area contributed by atoms with E-state index in [1.807, 2.05) is 6.92 Å². The number of H-pyrrole nitrogens is 1. The van der Waals surface area contributed by atoms with Crippen molar-refractivity contribution in [1.29, 1.82) is 0 Å². The second-order valence-electron chi connectivity index (χ2n) is 2.03. The van der Waals surface area contributed by atoms with Gasteiger partial charge >= 0.3 is 0 Å². The molecule has 0 atom stereocenters. The van der Waals surface area contributed by atoms with E-state index in [-0.39, 0.29) is 5.56 Å². The Hall–Kier alpha value is -1.30. The molecule has 0 radical (unpaired) electrons. The van der Waals surface area contributed by atoms with E-state index >= 15 is 0 Å². The molecule has 0 unspecified atom stereocenters. The lowest BCUT2D eigenvalue weighted by Crippen LogP contribution is -2.07. The molecule has 0 aliphatic heterocycles. The number of hydrogen-bond acceptors (Lipinski definition) is 5. The standard InChI is InChI=1S/C5H4N4OS/c1-2-6-4-3(11-2)5(10)8-9-7-4/h1H3,(H,7,8,10). The van der Waals surface area contributed by atoms with Crippen LogP contribution in [0.3, 0.4) is 0 Å². The smallest absolute Gasteiger partial charge is 0.266 e. The van der Waals surface area contributed by atoms with Crippen molar-refractivity contribution in [3.05, 3.63) is 15.4 Å². The third kappa shape index (κ3) is 0.911. The van der Waals surface area contributed by atoms with Gasteiger partial charge in [0.1, 0.15) is 4.70 Å². The number of hydrogen-bond donors (Lipinski definition) is 1. The summed E-state index contributed by atoms with van der Waals surface area (Å²) >= 11 is 1.32. The highest BCUT2D eigenvalue weighted by molar-refractivity contribution is 7.18. The van der Waals surface area contributed by atoms with Crippen molar-refractivity contribution in [3.8, 4) is 0 Å². The lowest BCUT2D eigenvalue weighted by atomic mass is 10.6. The molecule has 2 heterocycles. The van der Waals surface area contributed by atoms with Crippen molar-refractivity contribution in [3.63, 3.8) is 0 Å². The molecular weight excluding hydrogens is 164 g/mol.